The van der Waals surface area contributed by atoms with Crippen molar-refractivity contribution in [2.75, 3.05) is 0 Å². The number of nitrogens with two attached hydrogens (primary N) is 1. The number of fused-ring (bicyclic) bond motifs is 11. The van der Waals surface area contributed by atoms with E-state index in [2.05, 4.69) is 196 Å². The van der Waals surface area contributed by atoms with Crippen LogP contribution < -0.4 is 5.73 Å². The molecule has 6 heteroatoms. The highest BCUT2D eigenvalue weighted by molar-refractivity contribution is 6.27. The molecule has 67 heavy (non-hydrogen) atoms. The number of hydrogen-bond acceptors (Lipinski definition) is 1. The summed E-state index contributed by atoms with van der Waals surface area (Å²) >= 11 is 0. The van der Waals surface area contributed by atoms with E-state index in [-0.39, 0.29) is 0 Å². The van der Waals surface area contributed by atoms with Crippen LogP contribution in [0, 0.1) is 0 Å². The largest absolute Gasteiger partial charge is 0.383 e. The molecule has 0 spiro atoms. The maximum Gasteiger partial charge on any atom is 0.158 e. The number of para-hydroxylation sites is 4. The van der Waals surface area contributed by atoms with Crippen molar-refractivity contribution in [3.63, 3.8) is 0 Å². The third-order valence-electron chi connectivity index (χ3n) is 13.4. The predicted molar refractivity (Wildman–Crippen MR) is 281 cm³/mol. The number of amidine groups is 2. The first-order valence-electron chi connectivity index (χ1n) is 22.7. The monoisotopic (exact) mass is 858 g/mol. The average molecular weight is 859 g/mol. The molecule has 3 aromatic heterocycles. The fraction of sp³-hybridized carbons (Fsp3) is 0.0164. The highest BCUT2D eigenvalue weighted by atomic mass is 15.1. The van der Waals surface area contributed by atoms with Crippen molar-refractivity contribution in [3.05, 3.63) is 242 Å². The first-order chi connectivity index (χ1) is 33.2. The molecular weight excluding hydrogens is 817 g/mol. The minimum atomic E-state index is 0.293. The van der Waals surface area contributed by atoms with E-state index < -0.39 is 0 Å². The van der Waals surface area contributed by atoms with E-state index in [4.69, 9.17) is 15.7 Å². The molecule has 316 valence electrons. The van der Waals surface area contributed by atoms with Gasteiger partial charge in [0.05, 0.1) is 38.8 Å². The van der Waals surface area contributed by atoms with Crippen molar-refractivity contribution < 1.29 is 0 Å². The minimum absolute atomic E-state index is 0.293. The summed E-state index contributed by atoms with van der Waals surface area (Å²) < 4.78 is 7.33. The molecule has 0 aliphatic rings. The maximum absolute atomic E-state index is 6.89. The fourth-order valence-corrected chi connectivity index (χ4v) is 10.3. The Morgan fingerprint density at radius 3 is 1.63 bits per heavy atom. The molecule has 0 amide bonds. The van der Waals surface area contributed by atoms with Crippen LogP contribution in [0.3, 0.4) is 0 Å². The molecule has 0 fully saturated rings. The number of aromatic nitrogens is 3. The van der Waals surface area contributed by atoms with Gasteiger partial charge in [-0.3, -0.25) is 0 Å². The zero-order valence-electron chi connectivity index (χ0n) is 36.5. The van der Waals surface area contributed by atoms with E-state index >= 15 is 0 Å². The van der Waals surface area contributed by atoms with Crippen molar-refractivity contribution >= 4 is 87.9 Å². The number of rotatable bonds is 7. The lowest BCUT2D eigenvalue weighted by molar-refractivity contribution is 0.792. The quantitative estimate of drug-likeness (QED) is 0.126. The van der Waals surface area contributed by atoms with Gasteiger partial charge in [-0.05, 0) is 64.4 Å². The second-order valence-electron chi connectivity index (χ2n) is 17.1. The van der Waals surface area contributed by atoms with Gasteiger partial charge in [-0.25, -0.2) is 9.98 Å². The Balaban J connectivity index is 1.10. The lowest BCUT2D eigenvalue weighted by atomic mass is 10.0. The molecule has 0 saturated heterocycles. The number of nitrogens with zero attached hydrogens (tertiary/aromatic N) is 5. The molecule has 13 aromatic rings. The molecular formula is C61H42N6. The smallest absolute Gasteiger partial charge is 0.158 e. The summed E-state index contributed by atoms with van der Waals surface area (Å²) in [5, 5.41) is 9.46. The molecule has 0 saturated carbocycles. The van der Waals surface area contributed by atoms with E-state index in [0.29, 0.717) is 18.3 Å². The van der Waals surface area contributed by atoms with Crippen molar-refractivity contribution in [2.45, 2.75) is 6.67 Å². The van der Waals surface area contributed by atoms with Gasteiger partial charge in [-0.1, -0.05) is 188 Å². The number of aliphatic imine (C=N–C) groups is 2. The molecule has 0 bridgehead atoms. The van der Waals surface area contributed by atoms with Gasteiger partial charge in [-0.15, -0.1) is 0 Å². The third kappa shape index (κ3) is 6.26. The Morgan fingerprint density at radius 2 is 0.940 bits per heavy atom. The summed E-state index contributed by atoms with van der Waals surface area (Å²) in [6, 6.07) is 81.8. The Bertz CT molecular complexity index is 4060. The van der Waals surface area contributed by atoms with Crippen LogP contribution in [0.15, 0.2) is 241 Å². The number of hydrogen-bond donors (Lipinski definition) is 1. The zero-order valence-corrected chi connectivity index (χ0v) is 36.5. The predicted octanol–water partition coefficient (Wildman–Crippen LogP) is 14.6. The van der Waals surface area contributed by atoms with Gasteiger partial charge in [0.25, 0.3) is 0 Å². The first-order valence-corrected chi connectivity index (χ1v) is 22.7. The van der Waals surface area contributed by atoms with Gasteiger partial charge in [0.15, 0.2) is 5.84 Å². The Kier molecular flexibility index (Phi) is 8.96. The summed E-state index contributed by atoms with van der Waals surface area (Å²) in [5.74, 6) is 0.962. The molecule has 13 rings (SSSR count). The molecule has 0 unspecified atom stereocenters. The van der Waals surface area contributed by atoms with E-state index in [0.717, 1.165) is 77.5 Å². The molecule has 6 nitrogen and oxygen atoms in total. The molecule has 0 radical (unpaired) electrons. The first kappa shape index (κ1) is 38.5. The zero-order chi connectivity index (χ0) is 44.4. The molecule has 0 atom stereocenters. The summed E-state index contributed by atoms with van der Waals surface area (Å²) in [6.45, 7) is 0.293. The lowest BCUT2D eigenvalue weighted by Crippen LogP contribution is -2.16. The van der Waals surface area contributed by atoms with Gasteiger partial charge in [0, 0.05) is 49.1 Å². The summed E-state index contributed by atoms with van der Waals surface area (Å²) in [6.07, 6.45) is 0. The molecule has 0 aliphatic heterocycles. The second kappa shape index (κ2) is 15.6. The van der Waals surface area contributed by atoms with Gasteiger partial charge in [-0.2, -0.15) is 0 Å². The van der Waals surface area contributed by atoms with Gasteiger partial charge in [0.1, 0.15) is 12.5 Å². The van der Waals surface area contributed by atoms with Crippen LogP contribution >= 0.6 is 0 Å². The van der Waals surface area contributed by atoms with Crippen molar-refractivity contribution in [3.8, 4) is 22.5 Å². The minimum Gasteiger partial charge on any atom is -0.383 e. The summed E-state index contributed by atoms with van der Waals surface area (Å²) in [4.78, 5) is 10.5. The second-order valence-corrected chi connectivity index (χ2v) is 17.1. The Morgan fingerprint density at radius 1 is 0.403 bits per heavy atom. The van der Waals surface area contributed by atoms with Crippen LogP contribution in [0.2, 0.25) is 0 Å². The third-order valence-corrected chi connectivity index (χ3v) is 13.4. The Labute approximate surface area is 386 Å². The molecule has 10 aromatic carbocycles. The average Bonchev–Trinajstić information content (AvgIpc) is 4.03. The van der Waals surface area contributed by atoms with Crippen LogP contribution in [-0.4, -0.2) is 25.4 Å². The SMILES string of the molecule is N/C(=N\C(=N/Cn1c2ccccc2c2cc(-n3c4ccccc4c4ccccc43)c3c4ccccc4n(-c4ccc5ccccc5c4)c3c21)c1ccccc1)c1ccc(-c2ccccc2)cc1. The van der Waals surface area contributed by atoms with Crippen molar-refractivity contribution in [1.82, 2.24) is 13.7 Å². The topological polar surface area (TPSA) is 65.5 Å². The van der Waals surface area contributed by atoms with Crippen LogP contribution in [0.5, 0.6) is 0 Å². The van der Waals surface area contributed by atoms with E-state index in [9.17, 15) is 0 Å². The fourth-order valence-electron chi connectivity index (χ4n) is 10.3. The standard InChI is InChI=1S/C61H42N6/c62-60(43-33-31-42(32-34-43)40-17-3-1-4-18-40)64-61(44-20-5-2-6-21-44)63-39-65-52-27-13-9-25-49(52)51-38-56(67-53-28-14-10-23-47(53)48-24-11-15-29-54(48)67)57-50-26-12-16-30-55(50)66(59(57)58(51)65)46-36-35-41-19-7-8-22-45(41)37-46/h1-38H,39H2,(H2,62,63,64). The normalized spacial score (nSPS) is 12.5. The van der Waals surface area contributed by atoms with E-state index in [1.165, 1.54) is 32.3 Å². The highest BCUT2D eigenvalue weighted by Crippen LogP contribution is 2.46. The van der Waals surface area contributed by atoms with Gasteiger partial charge < -0.3 is 19.4 Å². The van der Waals surface area contributed by atoms with Crippen LogP contribution in [0.4, 0.5) is 0 Å². The van der Waals surface area contributed by atoms with Crippen LogP contribution in [0.25, 0.3) is 98.7 Å². The number of benzene rings is 10. The van der Waals surface area contributed by atoms with Crippen LogP contribution in [0.1, 0.15) is 11.1 Å². The summed E-state index contributed by atoms with van der Waals surface area (Å²) in [5.41, 5.74) is 19.8. The molecule has 3 heterocycles. The van der Waals surface area contributed by atoms with E-state index in [1.54, 1.807) is 0 Å². The highest BCUT2D eigenvalue weighted by Gasteiger charge is 2.26. The lowest BCUT2D eigenvalue weighted by Gasteiger charge is -2.15. The van der Waals surface area contributed by atoms with Gasteiger partial charge in [0.2, 0.25) is 0 Å². The van der Waals surface area contributed by atoms with Gasteiger partial charge >= 0.3 is 0 Å². The molecule has 2 N–H and O–H groups in total. The van der Waals surface area contributed by atoms with Crippen LogP contribution in [-0.2, 0) is 6.67 Å². The maximum atomic E-state index is 6.89. The Hall–Kier alpha value is -9.00. The van der Waals surface area contributed by atoms with E-state index in [1.807, 2.05) is 48.5 Å². The molecule has 0 aliphatic carbocycles. The summed E-state index contributed by atoms with van der Waals surface area (Å²) in [7, 11) is 0. The van der Waals surface area contributed by atoms with Crippen molar-refractivity contribution in [2.24, 2.45) is 15.7 Å². The van der Waals surface area contributed by atoms with Crippen molar-refractivity contribution in [1.29, 1.82) is 0 Å².